The molecule has 4 unspecified atom stereocenters. The van der Waals surface area contributed by atoms with Gasteiger partial charge >= 0.3 is 12.1 Å². The van der Waals surface area contributed by atoms with E-state index in [0.717, 1.165) is 110 Å². The molecular weight excluding hydrogens is 1670 g/mol. The molecule has 4 aliphatic heterocycles. The van der Waals surface area contributed by atoms with Crippen molar-refractivity contribution >= 4 is 126 Å². The molecular formula is C94H92N32O6. The van der Waals surface area contributed by atoms with Gasteiger partial charge in [-0.3, -0.25) is 59.8 Å². The third-order valence-corrected chi connectivity index (χ3v) is 22.0. The van der Waals surface area contributed by atoms with Crippen molar-refractivity contribution in [2.45, 2.75) is 76.0 Å². The minimum absolute atomic E-state index is 0.0681. The minimum atomic E-state index is -0.480. The van der Waals surface area contributed by atoms with E-state index < -0.39 is 12.1 Å². The summed E-state index contributed by atoms with van der Waals surface area (Å²) < 4.78 is 0. The molecule has 4 saturated heterocycles. The van der Waals surface area contributed by atoms with E-state index in [1.165, 1.54) is 65.5 Å². The van der Waals surface area contributed by atoms with Crippen LogP contribution in [-0.4, -0.2) is 200 Å². The lowest BCUT2D eigenvalue weighted by atomic mass is 10.1. The van der Waals surface area contributed by atoms with Crippen molar-refractivity contribution in [3.05, 3.63) is 324 Å². The number of benzene rings is 8. The molecule has 38 nitrogen and oxygen atoms in total. The van der Waals surface area contributed by atoms with Crippen molar-refractivity contribution in [2.24, 2.45) is 0 Å². The van der Waals surface area contributed by atoms with Crippen molar-refractivity contribution in [3.63, 3.8) is 0 Å². The molecule has 6 amide bonds. The van der Waals surface area contributed by atoms with E-state index in [4.69, 9.17) is 0 Å². The Kier molecular flexibility index (Phi) is 28.4. The Hall–Kier alpha value is -16.6. The number of fused-ring (bicyclic) bond motifs is 4. The van der Waals surface area contributed by atoms with Crippen molar-refractivity contribution < 1.29 is 28.9 Å². The van der Waals surface area contributed by atoms with E-state index >= 15 is 0 Å². The summed E-state index contributed by atoms with van der Waals surface area (Å²) in [6, 6.07) is 68.7. The average molecular weight is 1770 g/mol. The van der Waals surface area contributed by atoms with Gasteiger partial charge in [-0.25, -0.2) is 39.5 Å². The summed E-state index contributed by atoms with van der Waals surface area (Å²) in [5.74, 6) is 1.66. The zero-order valence-corrected chi connectivity index (χ0v) is 71.5. The van der Waals surface area contributed by atoms with Crippen molar-refractivity contribution in [1.29, 1.82) is 0 Å². The van der Waals surface area contributed by atoms with Crippen LogP contribution in [0.4, 0.5) is 67.8 Å². The van der Waals surface area contributed by atoms with E-state index in [0.29, 0.717) is 100 Å². The van der Waals surface area contributed by atoms with Crippen LogP contribution in [0.25, 0.3) is 44.1 Å². The number of urea groups is 2. The fourth-order valence-corrected chi connectivity index (χ4v) is 15.7. The molecule has 10 N–H and O–H groups in total. The highest BCUT2D eigenvalue weighted by Gasteiger charge is 2.30. The number of pyridine rings is 2. The number of carbonyl (C=O) groups is 4. The third kappa shape index (κ3) is 24.6. The number of carbonyl (C=O) groups excluding carboxylic acids is 4. The number of nitrogens with one attached hydrogen (secondary N) is 10. The Bertz CT molecular complexity index is 6600. The second-order valence-electron chi connectivity index (χ2n) is 31.8. The summed E-state index contributed by atoms with van der Waals surface area (Å²) in [4.78, 5) is 102. The van der Waals surface area contributed by atoms with Gasteiger partial charge in [0.15, 0.2) is 11.6 Å². The lowest BCUT2D eigenvalue weighted by Crippen LogP contribution is -2.37. The summed E-state index contributed by atoms with van der Waals surface area (Å²) >= 11 is 0. The highest BCUT2D eigenvalue weighted by atomic mass is 16.5. The van der Waals surface area contributed by atoms with Gasteiger partial charge in [-0.2, -0.15) is 0 Å². The number of hydrogen-bond donors (Lipinski definition) is 10. The topological polar surface area (TPSA) is 462 Å². The predicted octanol–water partition coefficient (Wildman–Crippen LogP) is 11.1. The SMILES string of the molecule is O=C(NC1CCN(Cc2ccccc2)C1)c1ccc2nc(Nc3cccnc3)n[n+]([O-])c2c1.O=C(NC1CCN(Cc2ccccc2)C1)c1ccc2nc(Nc3cccnc3)nnc2c1.O=C(Nc1ccc2c(c1)nc(NC1CCN(Cc3ccccc3)C1)n[n+]2[O-])Nc1cnccn1.O=C(Nc1ccc2nnc(NC3CCN(Cc4ccccc4)C3)nc2c1)Nc1cnccn1. The van der Waals surface area contributed by atoms with Crippen LogP contribution in [0.2, 0.25) is 0 Å². The van der Waals surface area contributed by atoms with E-state index in [2.05, 4.69) is 226 Å². The Labute approximate surface area is 756 Å². The summed E-state index contributed by atoms with van der Waals surface area (Å²) in [7, 11) is 0. The van der Waals surface area contributed by atoms with Crippen LogP contribution < -0.4 is 62.9 Å². The minimum Gasteiger partial charge on any atom is -0.594 e. The monoisotopic (exact) mass is 1760 g/mol. The standard InChI is InChI=1S/C24H23N7O2.C24H23N7O.C23H23N9O2.C23H23N9O/c32-23(26-20-10-12-30(16-20)15-17-5-2-1-3-6-17)18-8-9-21-22(13-18)31(33)29-24(28-21)27-19-7-4-11-25-14-19;32-23(26-20-10-12-31(16-20)15-17-5-2-1-3-6-17)18-8-9-21-22(13-18)29-30-24(28-21)27-19-7-4-11-25-14-19;33-23(29-21-13-24-9-10-25-21)27-17-6-7-20-19(12-17)28-22(30-32(20)34)26-18-8-11-31(15-18)14-16-4-2-1-3-5-16;33-23(29-21-13-24-9-10-25-21)27-17-6-7-19-20(12-17)28-22(31-30-19)26-18-8-11-32(15-18)14-16-4-2-1-3-5-16/h1-9,11,13-14,20H,10,12,15-16H2,(H,26,32)(H,27,28,29);1-9,11,13-14,20H,10,12,15-16H2,(H,26,32)(H,27,28,30);1-7,9-10,12-13,18H,8,11,14-15H2,(H,26,28,30)(H2,25,27,29,33);1-7,9-10,12-13,18H,8,11,14-15H2,(H,26,28,31)(H2,25,27,29,33). The highest BCUT2D eigenvalue weighted by molar-refractivity contribution is 6.01. The Morgan fingerprint density at radius 3 is 1.27 bits per heavy atom. The first kappa shape index (κ1) is 87.5. The number of rotatable bonds is 24. The third-order valence-electron chi connectivity index (χ3n) is 22.0. The van der Waals surface area contributed by atoms with Crippen molar-refractivity contribution in [1.82, 2.24) is 111 Å². The first-order valence-electron chi connectivity index (χ1n) is 43.0. The molecule has 38 heteroatoms. The number of nitrogens with zero attached hydrogens (tertiary/aromatic N) is 22. The van der Waals surface area contributed by atoms with Crippen LogP contribution >= 0.6 is 0 Å². The molecule has 4 fully saturated rings. The second kappa shape index (κ2) is 42.8. The molecule has 16 aromatic rings. The molecule has 20 rings (SSSR count). The normalized spacial score (nSPS) is 16.0. The zero-order chi connectivity index (χ0) is 90.2. The summed E-state index contributed by atoms with van der Waals surface area (Å²) in [6.45, 7) is 10.8. The highest BCUT2D eigenvalue weighted by Crippen LogP contribution is 2.26. The van der Waals surface area contributed by atoms with Crippen LogP contribution in [-0.2, 0) is 26.2 Å². The van der Waals surface area contributed by atoms with Gasteiger partial charge in [-0.1, -0.05) is 121 Å². The number of aromatic nitrogens is 18. The zero-order valence-electron chi connectivity index (χ0n) is 71.5. The van der Waals surface area contributed by atoms with Crippen LogP contribution in [0.3, 0.4) is 0 Å². The molecule has 4 aliphatic rings. The van der Waals surface area contributed by atoms with Gasteiger partial charge in [0.2, 0.25) is 11.9 Å². The quantitative estimate of drug-likeness (QED) is 0.0198. The maximum absolute atomic E-state index is 12.8. The van der Waals surface area contributed by atoms with Crippen LogP contribution in [0.1, 0.15) is 68.7 Å². The van der Waals surface area contributed by atoms with E-state index in [9.17, 15) is 29.6 Å². The summed E-state index contributed by atoms with van der Waals surface area (Å²) in [5, 5.41) is 79.4. The van der Waals surface area contributed by atoms with Gasteiger partial charge in [0, 0.05) is 175 Å². The molecule has 664 valence electrons. The second-order valence-corrected chi connectivity index (χ2v) is 31.8. The number of likely N-dealkylation sites (tertiary alicyclic amines) is 4. The average Bonchev–Trinajstić information content (AvgIpc) is 1.14. The Morgan fingerprint density at radius 2 is 0.750 bits per heavy atom. The molecule has 0 saturated carbocycles. The lowest BCUT2D eigenvalue weighted by Gasteiger charge is -2.17. The van der Waals surface area contributed by atoms with Gasteiger partial charge in [-0.15, -0.1) is 20.4 Å². The molecule has 0 aliphatic carbocycles. The largest absolute Gasteiger partial charge is 0.594 e. The number of hydrogen-bond acceptors (Lipinski definition) is 30. The molecule has 0 spiro atoms. The van der Waals surface area contributed by atoms with Crippen LogP contribution in [0.15, 0.2) is 280 Å². The first-order chi connectivity index (χ1) is 64.7. The van der Waals surface area contributed by atoms with Gasteiger partial charge in [-0.05, 0) is 143 Å². The smallest absolute Gasteiger partial charge is 0.324 e. The predicted molar refractivity (Wildman–Crippen MR) is 499 cm³/mol. The molecule has 8 aromatic carbocycles. The molecule has 0 radical (unpaired) electrons. The summed E-state index contributed by atoms with van der Waals surface area (Å²) in [6.07, 6.45) is 19.4. The first-order valence-corrected chi connectivity index (χ1v) is 43.0. The maximum atomic E-state index is 12.8. The van der Waals surface area contributed by atoms with E-state index in [-0.39, 0.29) is 53.4 Å². The maximum Gasteiger partial charge on any atom is 0.324 e. The van der Waals surface area contributed by atoms with Gasteiger partial charge in [0.05, 0.1) is 57.4 Å². The molecule has 12 heterocycles. The Morgan fingerprint density at radius 1 is 0.333 bits per heavy atom. The lowest BCUT2D eigenvalue weighted by molar-refractivity contribution is -0.641. The van der Waals surface area contributed by atoms with Gasteiger partial charge in [0.25, 0.3) is 34.7 Å². The summed E-state index contributed by atoms with van der Waals surface area (Å²) in [5.41, 5.74) is 12.6. The van der Waals surface area contributed by atoms with Gasteiger partial charge in [0.1, 0.15) is 22.1 Å². The van der Waals surface area contributed by atoms with E-state index in [1.54, 1.807) is 104 Å². The van der Waals surface area contributed by atoms with Crippen LogP contribution in [0.5, 0.6) is 0 Å². The van der Waals surface area contributed by atoms with Crippen molar-refractivity contribution in [3.8, 4) is 0 Å². The molecule has 8 aromatic heterocycles. The number of anilines is 10. The fraction of sp³-hybridized carbons (Fsp3) is 0.213. The van der Waals surface area contributed by atoms with Crippen LogP contribution in [0, 0.1) is 10.4 Å². The van der Waals surface area contributed by atoms with Crippen molar-refractivity contribution in [2.75, 3.05) is 94.9 Å². The number of amides is 6. The molecule has 4 atom stereocenters. The molecule has 0 bridgehead atoms. The fourth-order valence-electron chi connectivity index (χ4n) is 15.7. The van der Waals surface area contributed by atoms with Gasteiger partial charge < -0.3 is 52.9 Å². The van der Waals surface area contributed by atoms with E-state index in [1.807, 2.05) is 60.7 Å². The molecule has 132 heavy (non-hydrogen) atoms. The Balaban J connectivity index is 0.000000123.